The predicted molar refractivity (Wildman–Crippen MR) is 132 cm³/mol. The van der Waals surface area contributed by atoms with Gasteiger partial charge in [-0.1, -0.05) is 69.8 Å². The molecule has 0 saturated heterocycles. The first-order valence-electron chi connectivity index (χ1n) is 8.02. The van der Waals surface area contributed by atoms with Crippen LogP contribution in [-0.4, -0.2) is 16.8 Å². The number of hydrogen-bond donors (Lipinski definition) is 2. The summed E-state index contributed by atoms with van der Waals surface area (Å²) in [6, 6.07) is 15.3. The fraction of sp³-hybridized carbons (Fsp3) is 0. The Bertz CT molecular complexity index is 1190. The van der Waals surface area contributed by atoms with E-state index in [1.54, 1.807) is 18.2 Å². The van der Waals surface area contributed by atoms with E-state index in [0.717, 1.165) is 0 Å². The van der Waals surface area contributed by atoms with Gasteiger partial charge in [0.25, 0.3) is 20.0 Å². The Morgan fingerprint density at radius 2 is 0.867 bits per heavy atom. The third-order valence-corrected chi connectivity index (χ3v) is 8.21. The minimum Gasteiger partial charge on any atom is -0.280 e. The monoisotopic (exact) mass is 700 g/mol. The van der Waals surface area contributed by atoms with Crippen LogP contribution in [0.4, 0.5) is 11.4 Å². The van der Waals surface area contributed by atoms with Crippen LogP contribution in [0.1, 0.15) is 0 Å². The third kappa shape index (κ3) is 6.07. The maximum absolute atomic E-state index is 12.7. The minimum atomic E-state index is -3.88. The predicted octanol–water partition coefficient (Wildman–Crippen LogP) is 6.34. The maximum Gasteiger partial charge on any atom is 0.261 e. The van der Waals surface area contributed by atoms with Crippen molar-refractivity contribution in [1.29, 1.82) is 0 Å². The molecule has 12 heteroatoms. The van der Waals surface area contributed by atoms with Crippen molar-refractivity contribution in [3.05, 3.63) is 78.6 Å². The fourth-order valence-corrected chi connectivity index (χ4v) is 7.87. The quantitative estimate of drug-likeness (QED) is 0.314. The van der Waals surface area contributed by atoms with E-state index in [-0.39, 0.29) is 21.2 Å². The highest BCUT2D eigenvalue weighted by atomic mass is 79.9. The molecule has 0 aliphatic carbocycles. The first-order valence-corrected chi connectivity index (χ1v) is 14.2. The Hall–Kier alpha value is -0.920. The molecule has 158 valence electrons. The van der Waals surface area contributed by atoms with Crippen molar-refractivity contribution in [3.63, 3.8) is 0 Å². The topological polar surface area (TPSA) is 92.3 Å². The average molecular weight is 704 g/mol. The van der Waals surface area contributed by atoms with Crippen molar-refractivity contribution in [2.45, 2.75) is 9.79 Å². The molecule has 0 aromatic heterocycles. The van der Waals surface area contributed by atoms with Crippen molar-refractivity contribution in [1.82, 2.24) is 0 Å². The molecule has 0 amide bonds. The Labute approximate surface area is 208 Å². The standard InChI is InChI=1S/C18H12Br4N2O4S2/c19-11-4-12(20)7-17(6-11)29(25,26)23-15-2-1-3-16(10-15)24-30(27,28)18-8-13(21)5-14(22)9-18/h1-10,23-24H. The number of sulfonamides is 2. The summed E-state index contributed by atoms with van der Waals surface area (Å²) in [7, 11) is -7.76. The summed E-state index contributed by atoms with van der Waals surface area (Å²) in [5.74, 6) is 0. The van der Waals surface area contributed by atoms with Crippen LogP contribution in [0.2, 0.25) is 0 Å². The lowest BCUT2D eigenvalue weighted by atomic mass is 10.3. The number of nitrogens with one attached hydrogen (secondary N) is 2. The summed E-state index contributed by atoms with van der Waals surface area (Å²) in [6.45, 7) is 0. The zero-order valence-corrected chi connectivity index (χ0v) is 22.7. The van der Waals surface area contributed by atoms with Crippen molar-refractivity contribution in [2.24, 2.45) is 0 Å². The van der Waals surface area contributed by atoms with Gasteiger partial charge in [-0.25, -0.2) is 16.8 Å². The van der Waals surface area contributed by atoms with E-state index in [2.05, 4.69) is 73.2 Å². The van der Waals surface area contributed by atoms with Gasteiger partial charge in [-0.05, 0) is 54.6 Å². The molecule has 6 nitrogen and oxygen atoms in total. The lowest BCUT2D eigenvalue weighted by molar-refractivity contribution is 0.599. The molecule has 0 saturated carbocycles. The molecule has 0 spiro atoms. The molecule has 0 aliphatic heterocycles. The van der Waals surface area contributed by atoms with E-state index in [1.807, 2.05) is 0 Å². The molecule has 30 heavy (non-hydrogen) atoms. The van der Waals surface area contributed by atoms with Gasteiger partial charge in [0.2, 0.25) is 0 Å². The molecule has 3 rings (SSSR count). The van der Waals surface area contributed by atoms with E-state index >= 15 is 0 Å². The lowest BCUT2D eigenvalue weighted by Gasteiger charge is -2.12. The third-order valence-electron chi connectivity index (χ3n) is 3.66. The van der Waals surface area contributed by atoms with Gasteiger partial charge in [-0.15, -0.1) is 0 Å². The zero-order valence-electron chi connectivity index (χ0n) is 14.7. The van der Waals surface area contributed by atoms with Crippen LogP contribution >= 0.6 is 63.7 Å². The van der Waals surface area contributed by atoms with Crippen molar-refractivity contribution in [3.8, 4) is 0 Å². The van der Waals surface area contributed by atoms with Gasteiger partial charge in [0.15, 0.2) is 0 Å². The second kappa shape index (κ2) is 9.29. The maximum atomic E-state index is 12.7. The highest BCUT2D eigenvalue weighted by Gasteiger charge is 2.18. The highest BCUT2D eigenvalue weighted by Crippen LogP contribution is 2.27. The first-order chi connectivity index (χ1) is 13.9. The summed E-state index contributed by atoms with van der Waals surface area (Å²) in [4.78, 5) is 0.0995. The van der Waals surface area contributed by atoms with E-state index in [4.69, 9.17) is 0 Å². The van der Waals surface area contributed by atoms with Gasteiger partial charge in [0, 0.05) is 17.9 Å². The van der Waals surface area contributed by atoms with Gasteiger partial charge in [0.05, 0.1) is 21.2 Å². The van der Waals surface area contributed by atoms with Gasteiger partial charge in [0.1, 0.15) is 0 Å². The molecule has 0 atom stereocenters. The number of anilines is 2. The van der Waals surface area contributed by atoms with E-state index in [9.17, 15) is 16.8 Å². The number of hydrogen-bond acceptors (Lipinski definition) is 4. The molecule has 2 N–H and O–H groups in total. The minimum absolute atomic E-state index is 0.0497. The van der Waals surface area contributed by atoms with Gasteiger partial charge in [-0.3, -0.25) is 9.44 Å². The van der Waals surface area contributed by atoms with Crippen LogP contribution in [0.15, 0.2) is 88.3 Å². The lowest BCUT2D eigenvalue weighted by Crippen LogP contribution is -2.15. The van der Waals surface area contributed by atoms with Crippen LogP contribution in [0, 0.1) is 0 Å². The Morgan fingerprint density at radius 1 is 0.533 bits per heavy atom. The van der Waals surface area contributed by atoms with Gasteiger partial charge in [-0.2, -0.15) is 0 Å². The van der Waals surface area contributed by atoms with E-state index < -0.39 is 20.0 Å². The summed E-state index contributed by atoms with van der Waals surface area (Å²) in [5, 5.41) is 0. The van der Waals surface area contributed by atoms with Crippen LogP contribution in [0.5, 0.6) is 0 Å². The molecule has 3 aromatic rings. The van der Waals surface area contributed by atoms with Gasteiger partial charge < -0.3 is 0 Å². The molecular weight excluding hydrogens is 692 g/mol. The van der Waals surface area contributed by atoms with Crippen LogP contribution in [0.25, 0.3) is 0 Å². The van der Waals surface area contributed by atoms with Crippen molar-refractivity contribution < 1.29 is 16.8 Å². The van der Waals surface area contributed by atoms with Crippen molar-refractivity contribution >= 4 is 95.1 Å². The van der Waals surface area contributed by atoms with Crippen LogP contribution in [0.3, 0.4) is 0 Å². The van der Waals surface area contributed by atoms with Crippen molar-refractivity contribution in [2.75, 3.05) is 9.44 Å². The molecular formula is C18H12Br4N2O4S2. The normalized spacial score (nSPS) is 11.9. The molecule has 3 aromatic carbocycles. The Morgan fingerprint density at radius 3 is 1.20 bits per heavy atom. The second-order valence-electron chi connectivity index (χ2n) is 6.00. The summed E-state index contributed by atoms with van der Waals surface area (Å²) in [5.41, 5.74) is 0.420. The molecule has 0 unspecified atom stereocenters. The van der Waals surface area contributed by atoms with E-state index in [1.165, 1.54) is 42.5 Å². The van der Waals surface area contributed by atoms with Crippen LogP contribution in [-0.2, 0) is 20.0 Å². The SMILES string of the molecule is O=S(=O)(Nc1cccc(NS(=O)(=O)c2cc(Br)cc(Br)c2)c1)c1cc(Br)cc(Br)c1. The summed E-state index contributed by atoms with van der Waals surface area (Å²) in [6.07, 6.45) is 0. The Kier molecular flexibility index (Phi) is 7.35. The number of halogens is 4. The molecule has 0 fully saturated rings. The first kappa shape index (κ1) is 23.7. The molecule has 0 heterocycles. The summed E-state index contributed by atoms with van der Waals surface area (Å²) >= 11 is 13.0. The largest absolute Gasteiger partial charge is 0.280 e. The highest BCUT2D eigenvalue weighted by molar-refractivity contribution is 9.11. The van der Waals surface area contributed by atoms with Gasteiger partial charge >= 0.3 is 0 Å². The number of rotatable bonds is 6. The Balaban J connectivity index is 1.87. The number of benzene rings is 3. The zero-order chi connectivity index (χ0) is 22.1. The smallest absolute Gasteiger partial charge is 0.261 e. The molecule has 0 bridgehead atoms. The average Bonchev–Trinajstić information content (AvgIpc) is 2.59. The van der Waals surface area contributed by atoms with E-state index in [0.29, 0.717) is 17.9 Å². The summed E-state index contributed by atoms with van der Waals surface area (Å²) < 4.78 is 58.1. The molecule has 0 radical (unpaired) electrons. The second-order valence-corrected chi connectivity index (χ2v) is 13.0. The molecule has 0 aliphatic rings. The fourth-order valence-electron chi connectivity index (χ4n) is 2.44. The van der Waals surface area contributed by atoms with Crippen LogP contribution < -0.4 is 9.44 Å².